The summed E-state index contributed by atoms with van der Waals surface area (Å²) in [7, 11) is 0. The number of nitrogens with one attached hydrogen (secondary N) is 1. The zero-order valence-corrected chi connectivity index (χ0v) is 21.2. The predicted octanol–water partition coefficient (Wildman–Crippen LogP) is 5.37. The number of aliphatic hydroxyl groups is 1. The molecule has 2 N–H and O–H groups in total. The topological polar surface area (TPSA) is 103 Å². The second kappa shape index (κ2) is 11.3. The van der Waals surface area contributed by atoms with Crippen molar-refractivity contribution in [3.8, 4) is 0 Å². The summed E-state index contributed by atoms with van der Waals surface area (Å²) in [5.74, 6) is 0. The van der Waals surface area contributed by atoms with Crippen LogP contribution in [0.4, 0.5) is 9.59 Å². The minimum atomic E-state index is -0.750. The molecule has 0 saturated carbocycles. The molecule has 0 radical (unpaired) electrons. The lowest BCUT2D eigenvalue weighted by molar-refractivity contribution is 0.0522. The quantitative estimate of drug-likeness (QED) is 0.353. The van der Waals surface area contributed by atoms with Gasteiger partial charge in [-0.2, -0.15) is 9.78 Å². The number of fused-ring (bicyclic) bond motifs is 1. The Hall–Kier alpha value is -4.17. The summed E-state index contributed by atoms with van der Waals surface area (Å²) in [6, 6.07) is 23.4. The summed E-state index contributed by atoms with van der Waals surface area (Å²) >= 11 is 0. The summed E-state index contributed by atoms with van der Waals surface area (Å²) in [6.45, 7) is 5.40. The third kappa shape index (κ3) is 6.34. The molecule has 192 valence electrons. The van der Waals surface area contributed by atoms with E-state index in [1.165, 1.54) is 4.68 Å². The monoisotopic (exact) mass is 501 g/mol. The van der Waals surface area contributed by atoms with E-state index in [0.29, 0.717) is 23.0 Å². The molecular formula is C29H31N3O5. The van der Waals surface area contributed by atoms with Gasteiger partial charge in [0.1, 0.15) is 18.2 Å². The van der Waals surface area contributed by atoms with Crippen LogP contribution in [0.2, 0.25) is 0 Å². The van der Waals surface area contributed by atoms with Gasteiger partial charge in [-0.1, -0.05) is 72.8 Å². The van der Waals surface area contributed by atoms with Crippen molar-refractivity contribution in [2.24, 2.45) is 0 Å². The first kappa shape index (κ1) is 25.9. The molecule has 37 heavy (non-hydrogen) atoms. The zero-order valence-electron chi connectivity index (χ0n) is 21.2. The van der Waals surface area contributed by atoms with E-state index >= 15 is 0 Å². The molecule has 0 spiro atoms. The summed E-state index contributed by atoms with van der Waals surface area (Å²) in [5, 5.41) is 17.9. The number of hydrogen-bond acceptors (Lipinski definition) is 6. The number of ether oxygens (including phenoxy) is 2. The number of alkyl carbamates (subject to hydrolysis) is 1. The van der Waals surface area contributed by atoms with Crippen LogP contribution in [0.25, 0.3) is 10.9 Å². The first-order valence-electron chi connectivity index (χ1n) is 12.1. The number of carbonyl (C=O) groups is 2. The Labute approximate surface area is 215 Å². The molecule has 1 atom stereocenters. The number of aromatic nitrogens is 2. The van der Waals surface area contributed by atoms with Gasteiger partial charge in [0.15, 0.2) is 0 Å². The van der Waals surface area contributed by atoms with Crippen LogP contribution >= 0.6 is 0 Å². The van der Waals surface area contributed by atoms with Crippen molar-refractivity contribution < 1.29 is 24.2 Å². The smallest absolute Gasteiger partial charge is 0.435 e. The number of aliphatic hydroxyl groups excluding tert-OH is 1. The molecule has 1 aromatic heterocycles. The summed E-state index contributed by atoms with van der Waals surface area (Å²) in [6.07, 6.45) is -0.870. The van der Waals surface area contributed by atoms with Gasteiger partial charge in [0, 0.05) is 12.0 Å². The Balaban J connectivity index is 1.76. The van der Waals surface area contributed by atoms with Crippen LogP contribution in [0.1, 0.15) is 49.2 Å². The zero-order chi connectivity index (χ0) is 26.4. The Morgan fingerprint density at radius 2 is 1.65 bits per heavy atom. The fourth-order valence-corrected chi connectivity index (χ4v) is 4.09. The first-order valence-corrected chi connectivity index (χ1v) is 12.1. The lowest BCUT2D eigenvalue weighted by atomic mass is 9.95. The normalized spacial score (nSPS) is 12.2. The Morgan fingerprint density at radius 3 is 2.38 bits per heavy atom. The van der Waals surface area contributed by atoms with E-state index in [1.807, 2.05) is 72.8 Å². The van der Waals surface area contributed by atoms with E-state index in [9.17, 15) is 14.7 Å². The second-order valence-corrected chi connectivity index (χ2v) is 9.61. The van der Waals surface area contributed by atoms with Crippen LogP contribution in [0, 0.1) is 0 Å². The molecule has 8 heteroatoms. The van der Waals surface area contributed by atoms with Crippen molar-refractivity contribution in [3.63, 3.8) is 0 Å². The molecule has 0 bridgehead atoms. The number of rotatable bonds is 7. The van der Waals surface area contributed by atoms with Gasteiger partial charge in [-0.3, -0.25) is 0 Å². The van der Waals surface area contributed by atoms with Gasteiger partial charge < -0.3 is 19.9 Å². The van der Waals surface area contributed by atoms with E-state index in [2.05, 4.69) is 10.4 Å². The number of nitrogens with zero attached hydrogens (tertiary/aromatic N) is 2. The van der Waals surface area contributed by atoms with Crippen molar-refractivity contribution in [1.82, 2.24) is 15.1 Å². The third-order valence-corrected chi connectivity index (χ3v) is 5.68. The van der Waals surface area contributed by atoms with Crippen LogP contribution in [0.5, 0.6) is 0 Å². The molecule has 0 unspecified atom stereocenters. The number of benzene rings is 3. The fraction of sp³-hybridized carbons (Fsp3) is 0.276. The minimum Gasteiger partial charge on any atom is -0.445 e. The van der Waals surface area contributed by atoms with Crippen LogP contribution < -0.4 is 5.32 Å². The van der Waals surface area contributed by atoms with Gasteiger partial charge in [0.25, 0.3) is 0 Å². The van der Waals surface area contributed by atoms with Crippen molar-refractivity contribution in [3.05, 3.63) is 101 Å². The number of amides is 1. The molecule has 4 aromatic rings. The van der Waals surface area contributed by atoms with Crippen LogP contribution in [-0.2, 0) is 22.5 Å². The first-order chi connectivity index (χ1) is 17.8. The van der Waals surface area contributed by atoms with E-state index in [0.717, 1.165) is 16.7 Å². The van der Waals surface area contributed by atoms with E-state index < -0.39 is 23.8 Å². The van der Waals surface area contributed by atoms with Crippen molar-refractivity contribution in [2.45, 2.75) is 45.4 Å². The van der Waals surface area contributed by atoms with Gasteiger partial charge in [-0.15, -0.1) is 0 Å². The molecule has 0 fully saturated rings. The van der Waals surface area contributed by atoms with Crippen LogP contribution in [-0.4, -0.2) is 39.3 Å². The van der Waals surface area contributed by atoms with E-state index in [-0.39, 0.29) is 13.2 Å². The van der Waals surface area contributed by atoms with Gasteiger partial charge in [-0.05, 0) is 49.9 Å². The van der Waals surface area contributed by atoms with Gasteiger partial charge in [-0.25, -0.2) is 9.59 Å². The molecule has 4 rings (SSSR count). The van der Waals surface area contributed by atoms with Crippen LogP contribution in [0.3, 0.4) is 0 Å². The third-order valence-electron chi connectivity index (χ3n) is 5.68. The summed E-state index contributed by atoms with van der Waals surface area (Å²) in [5.41, 5.74) is 2.74. The van der Waals surface area contributed by atoms with E-state index in [4.69, 9.17) is 9.47 Å². The van der Waals surface area contributed by atoms with E-state index in [1.54, 1.807) is 26.8 Å². The predicted molar refractivity (Wildman–Crippen MR) is 140 cm³/mol. The van der Waals surface area contributed by atoms with Crippen molar-refractivity contribution >= 4 is 23.1 Å². The van der Waals surface area contributed by atoms with Crippen LogP contribution in [0.15, 0.2) is 78.9 Å². The standard InChI is InChI=1S/C29H31N3O5/c1-29(2,3)37-28(35)32-24-16-10-9-15-23(24)26(31-32)25(22-14-8-7-13-21(22)17-18-33)30-27(34)36-19-20-11-5-4-6-12-20/h4-16,25,33H,17-19H2,1-3H3,(H,30,34)/t25-/m1/s1. The summed E-state index contributed by atoms with van der Waals surface area (Å²) < 4.78 is 12.3. The molecule has 0 aliphatic heterocycles. The molecule has 0 saturated heterocycles. The number of para-hydroxylation sites is 1. The lowest BCUT2D eigenvalue weighted by Crippen LogP contribution is -2.31. The maximum atomic E-state index is 13.0. The van der Waals surface area contributed by atoms with Crippen molar-refractivity contribution in [1.29, 1.82) is 0 Å². The Morgan fingerprint density at radius 1 is 0.973 bits per heavy atom. The SMILES string of the molecule is CC(C)(C)OC(=O)n1nc([C@H](NC(=O)OCc2ccccc2)c2ccccc2CCO)c2ccccc21. The Kier molecular flexibility index (Phi) is 7.89. The number of hydrogen-bond donors (Lipinski definition) is 2. The molecule has 3 aromatic carbocycles. The molecule has 8 nitrogen and oxygen atoms in total. The highest BCUT2D eigenvalue weighted by Gasteiger charge is 2.28. The molecule has 1 amide bonds. The summed E-state index contributed by atoms with van der Waals surface area (Å²) in [4.78, 5) is 26.0. The molecule has 0 aliphatic rings. The number of carbonyl (C=O) groups excluding carboxylic acids is 2. The molecule has 1 heterocycles. The average Bonchev–Trinajstić information content (AvgIpc) is 3.26. The van der Waals surface area contributed by atoms with Gasteiger partial charge >= 0.3 is 12.2 Å². The highest BCUT2D eigenvalue weighted by Crippen LogP contribution is 2.31. The van der Waals surface area contributed by atoms with Gasteiger partial charge in [0.2, 0.25) is 0 Å². The highest BCUT2D eigenvalue weighted by atomic mass is 16.6. The second-order valence-electron chi connectivity index (χ2n) is 9.61. The molecular weight excluding hydrogens is 470 g/mol. The fourth-order valence-electron chi connectivity index (χ4n) is 4.09. The maximum absolute atomic E-state index is 13.0. The lowest BCUT2D eigenvalue weighted by Gasteiger charge is -2.21. The maximum Gasteiger partial charge on any atom is 0.435 e. The van der Waals surface area contributed by atoms with Gasteiger partial charge in [0.05, 0.1) is 11.2 Å². The largest absolute Gasteiger partial charge is 0.445 e. The molecule has 0 aliphatic carbocycles. The average molecular weight is 502 g/mol. The van der Waals surface area contributed by atoms with Crippen molar-refractivity contribution in [2.75, 3.05) is 6.61 Å². The highest BCUT2D eigenvalue weighted by molar-refractivity contribution is 5.90. The minimum absolute atomic E-state index is 0.0602. The Bertz CT molecular complexity index is 1380.